The molecule has 0 saturated carbocycles. The molecular weight excluding hydrogens is 400 g/mol. The van der Waals surface area contributed by atoms with E-state index in [-0.39, 0.29) is 11.8 Å². The van der Waals surface area contributed by atoms with Crippen LogP contribution in [-0.2, 0) is 13.0 Å². The van der Waals surface area contributed by atoms with Crippen molar-refractivity contribution in [3.8, 4) is 0 Å². The number of anilines is 2. The highest BCUT2D eigenvalue weighted by molar-refractivity contribution is 5.99. The van der Waals surface area contributed by atoms with E-state index < -0.39 is 0 Å². The summed E-state index contributed by atoms with van der Waals surface area (Å²) in [7, 11) is 0. The van der Waals surface area contributed by atoms with E-state index in [1.165, 1.54) is 6.42 Å². The smallest absolute Gasteiger partial charge is 0.255 e. The lowest BCUT2D eigenvalue weighted by atomic mass is 10.0. The van der Waals surface area contributed by atoms with Crippen molar-refractivity contribution in [3.63, 3.8) is 0 Å². The predicted octanol–water partition coefficient (Wildman–Crippen LogP) is 4.55. The Hall–Kier alpha value is -2.89. The maximum atomic E-state index is 12.9. The number of unbranched alkanes of at least 4 members (excludes halogenated alkanes) is 1. The molecule has 0 bridgehead atoms. The molecule has 3 aliphatic rings. The number of carbonyl (C=O) groups excluding carboxylic acids is 2. The van der Waals surface area contributed by atoms with Crippen molar-refractivity contribution in [2.45, 2.75) is 58.4 Å². The van der Waals surface area contributed by atoms with Crippen LogP contribution in [-0.4, -0.2) is 52.8 Å². The lowest BCUT2D eigenvalue weighted by Crippen LogP contribution is -2.36. The second-order valence-corrected chi connectivity index (χ2v) is 9.24. The highest BCUT2D eigenvalue weighted by Gasteiger charge is 2.29. The number of piperidine rings is 1. The van der Waals surface area contributed by atoms with Crippen LogP contribution < -0.4 is 4.90 Å². The fraction of sp³-hybridized carbons (Fsp3) is 0.500. The normalized spacial score (nSPS) is 18.0. The van der Waals surface area contributed by atoms with Crippen LogP contribution in [0, 0.1) is 0 Å². The van der Waals surface area contributed by atoms with Crippen LogP contribution in [0.4, 0.5) is 11.5 Å². The molecule has 5 rings (SSSR count). The van der Waals surface area contributed by atoms with Crippen LogP contribution in [0.5, 0.6) is 0 Å². The number of amides is 2. The Morgan fingerprint density at radius 3 is 2.69 bits per heavy atom. The Morgan fingerprint density at radius 1 is 1.03 bits per heavy atom. The lowest BCUT2D eigenvalue weighted by Gasteiger charge is -2.31. The molecule has 0 unspecified atom stereocenters. The van der Waals surface area contributed by atoms with Gasteiger partial charge in [0, 0.05) is 50.2 Å². The first kappa shape index (κ1) is 21.0. The molecule has 0 N–H and O–H groups in total. The zero-order valence-electron chi connectivity index (χ0n) is 19.0. The highest BCUT2D eigenvalue weighted by atomic mass is 16.2. The Balaban J connectivity index is 1.38. The van der Waals surface area contributed by atoms with Gasteiger partial charge in [-0.1, -0.05) is 13.3 Å². The first-order valence-electron chi connectivity index (χ1n) is 12.1. The second kappa shape index (κ2) is 8.93. The van der Waals surface area contributed by atoms with E-state index in [1.54, 1.807) is 6.20 Å². The third-order valence-electron chi connectivity index (χ3n) is 6.98. The first-order valence-corrected chi connectivity index (χ1v) is 12.1. The van der Waals surface area contributed by atoms with Gasteiger partial charge in [-0.2, -0.15) is 0 Å². The van der Waals surface area contributed by atoms with Crippen molar-refractivity contribution in [1.82, 2.24) is 14.8 Å². The number of aryl methyl sites for hydroxylation is 1. The topological polar surface area (TPSA) is 56.8 Å². The van der Waals surface area contributed by atoms with Gasteiger partial charge in [-0.15, -0.1) is 0 Å². The number of nitrogens with zero attached hydrogens (tertiary/aromatic N) is 4. The molecule has 1 fully saturated rings. The molecule has 0 atom stereocenters. The fourth-order valence-electron chi connectivity index (χ4n) is 5.18. The number of benzene rings is 1. The predicted molar refractivity (Wildman–Crippen MR) is 125 cm³/mol. The summed E-state index contributed by atoms with van der Waals surface area (Å²) in [6, 6.07) is 8.22. The fourth-order valence-corrected chi connectivity index (χ4v) is 5.18. The molecular formula is C26H32N4O2. The number of likely N-dealkylation sites (tertiary alicyclic amines) is 1. The molecule has 168 valence electrons. The molecule has 1 saturated heterocycles. The summed E-state index contributed by atoms with van der Waals surface area (Å²) < 4.78 is 0. The van der Waals surface area contributed by atoms with Crippen LogP contribution >= 0.6 is 0 Å². The van der Waals surface area contributed by atoms with E-state index in [4.69, 9.17) is 4.98 Å². The maximum absolute atomic E-state index is 12.9. The van der Waals surface area contributed by atoms with Gasteiger partial charge in [0.2, 0.25) is 0 Å². The lowest BCUT2D eigenvalue weighted by molar-refractivity contribution is 0.0723. The summed E-state index contributed by atoms with van der Waals surface area (Å²) in [5.74, 6) is 1.21. The maximum Gasteiger partial charge on any atom is 0.255 e. The molecule has 2 aromatic rings. The molecule has 6 nitrogen and oxygen atoms in total. The number of hydrogen-bond acceptors (Lipinski definition) is 4. The summed E-state index contributed by atoms with van der Waals surface area (Å²) in [5.41, 5.74) is 4.86. The molecule has 0 spiro atoms. The number of aromatic nitrogens is 1. The zero-order chi connectivity index (χ0) is 22.1. The monoisotopic (exact) mass is 432 g/mol. The molecule has 1 aromatic carbocycles. The van der Waals surface area contributed by atoms with E-state index in [2.05, 4.69) is 24.0 Å². The summed E-state index contributed by atoms with van der Waals surface area (Å²) in [6.07, 6.45) is 9.23. The van der Waals surface area contributed by atoms with Gasteiger partial charge in [0.1, 0.15) is 5.82 Å². The Labute approximate surface area is 190 Å². The average molecular weight is 433 g/mol. The zero-order valence-corrected chi connectivity index (χ0v) is 19.0. The van der Waals surface area contributed by atoms with Crippen LogP contribution in [0.2, 0.25) is 0 Å². The molecule has 2 amide bonds. The molecule has 1 aromatic heterocycles. The van der Waals surface area contributed by atoms with E-state index in [9.17, 15) is 9.59 Å². The molecule has 0 radical (unpaired) electrons. The number of pyridine rings is 1. The summed E-state index contributed by atoms with van der Waals surface area (Å²) in [4.78, 5) is 36.5. The average Bonchev–Trinajstić information content (AvgIpc) is 3.16. The van der Waals surface area contributed by atoms with Gasteiger partial charge in [0.05, 0.1) is 5.56 Å². The standard InChI is InChI=1S/C26H32N4O2/c1-2-3-11-29-18-21-16-22(9-10-23(21)26(29)32)30-14-7-8-19-15-20(17-27-24(19)30)25(31)28-12-5-4-6-13-28/h9-10,15-17H,2-8,11-14,18H2,1H3. The van der Waals surface area contributed by atoms with Gasteiger partial charge in [-0.05, 0) is 73.9 Å². The number of hydrogen-bond donors (Lipinski definition) is 0. The van der Waals surface area contributed by atoms with Gasteiger partial charge < -0.3 is 14.7 Å². The quantitative estimate of drug-likeness (QED) is 0.696. The van der Waals surface area contributed by atoms with Crippen LogP contribution in [0.3, 0.4) is 0 Å². The Bertz CT molecular complexity index is 1030. The van der Waals surface area contributed by atoms with Crippen molar-refractivity contribution < 1.29 is 9.59 Å². The number of rotatable bonds is 5. The van der Waals surface area contributed by atoms with E-state index >= 15 is 0 Å². The molecule has 3 aliphatic heterocycles. The Morgan fingerprint density at radius 2 is 1.88 bits per heavy atom. The van der Waals surface area contributed by atoms with E-state index in [0.29, 0.717) is 12.1 Å². The van der Waals surface area contributed by atoms with Crippen LogP contribution in [0.25, 0.3) is 0 Å². The van der Waals surface area contributed by atoms with Gasteiger partial charge in [-0.3, -0.25) is 9.59 Å². The summed E-state index contributed by atoms with van der Waals surface area (Å²) in [5, 5.41) is 0. The van der Waals surface area contributed by atoms with Crippen molar-refractivity contribution in [3.05, 3.63) is 52.7 Å². The SMILES string of the molecule is CCCCN1Cc2cc(N3CCCc4cc(C(=O)N5CCCCC5)cnc43)ccc2C1=O. The van der Waals surface area contributed by atoms with Crippen molar-refractivity contribution in [2.75, 3.05) is 31.1 Å². The first-order chi connectivity index (χ1) is 15.7. The summed E-state index contributed by atoms with van der Waals surface area (Å²) in [6.45, 7) is 6.26. The minimum atomic E-state index is 0.111. The molecule has 0 aliphatic carbocycles. The van der Waals surface area contributed by atoms with Crippen molar-refractivity contribution in [1.29, 1.82) is 0 Å². The second-order valence-electron chi connectivity index (χ2n) is 9.24. The third-order valence-corrected chi connectivity index (χ3v) is 6.98. The van der Waals surface area contributed by atoms with Crippen molar-refractivity contribution in [2.24, 2.45) is 0 Å². The number of fused-ring (bicyclic) bond motifs is 2. The van der Waals surface area contributed by atoms with Gasteiger partial charge in [0.25, 0.3) is 11.8 Å². The van der Waals surface area contributed by atoms with Crippen LogP contribution in [0.1, 0.15) is 77.3 Å². The highest BCUT2D eigenvalue weighted by Crippen LogP contribution is 2.35. The summed E-state index contributed by atoms with van der Waals surface area (Å²) >= 11 is 0. The molecule has 6 heteroatoms. The number of carbonyl (C=O) groups is 2. The largest absolute Gasteiger partial charge is 0.339 e. The van der Waals surface area contributed by atoms with Gasteiger partial charge in [-0.25, -0.2) is 4.98 Å². The molecule has 4 heterocycles. The van der Waals surface area contributed by atoms with Crippen molar-refractivity contribution >= 4 is 23.3 Å². The Kier molecular flexibility index (Phi) is 5.85. The van der Waals surface area contributed by atoms with E-state index in [0.717, 1.165) is 92.9 Å². The minimum Gasteiger partial charge on any atom is -0.339 e. The van der Waals surface area contributed by atoms with Gasteiger partial charge in [0.15, 0.2) is 0 Å². The van der Waals surface area contributed by atoms with E-state index in [1.807, 2.05) is 21.9 Å². The third kappa shape index (κ3) is 3.87. The van der Waals surface area contributed by atoms with Crippen LogP contribution in [0.15, 0.2) is 30.5 Å². The minimum absolute atomic E-state index is 0.111. The molecule has 32 heavy (non-hydrogen) atoms. The van der Waals surface area contributed by atoms with Gasteiger partial charge >= 0.3 is 0 Å².